The minimum Gasteiger partial charge on any atom is -0.479 e. The molecule has 2 heterocycles. The van der Waals surface area contributed by atoms with Gasteiger partial charge in [-0.15, -0.1) is 0 Å². The first-order chi connectivity index (χ1) is 15.3. The van der Waals surface area contributed by atoms with Crippen molar-refractivity contribution in [2.24, 2.45) is 0 Å². The SMILES string of the molecule is CC(C)c1c([C@H]2CC[C@](F)(C(=O)O)CC2)c2cc3[nH]ncc3cc2n1-c1ccc(F)cc1. The Morgan fingerprint density at radius 3 is 2.53 bits per heavy atom. The van der Waals surface area contributed by atoms with Gasteiger partial charge in [-0.1, -0.05) is 13.8 Å². The number of carboxylic acids is 1. The predicted octanol–water partition coefficient (Wildman–Crippen LogP) is 6.22. The van der Waals surface area contributed by atoms with Crippen LogP contribution < -0.4 is 0 Å². The molecule has 2 aromatic carbocycles. The van der Waals surface area contributed by atoms with Crippen molar-refractivity contribution >= 4 is 27.8 Å². The summed E-state index contributed by atoms with van der Waals surface area (Å²) in [6.45, 7) is 4.23. The first kappa shape index (κ1) is 20.7. The topological polar surface area (TPSA) is 70.9 Å². The standard InChI is InChI=1S/C25H25F2N3O2/c1-14(2)23-22(15-7-9-25(27,10-8-15)24(31)32)19-12-20-16(13-28-29-20)11-21(19)30(23)18-5-3-17(26)4-6-18/h3-6,11-15H,7-10H2,1-2H3,(H,28,29)(H,31,32)/t15-,25+. The highest BCUT2D eigenvalue weighted by Gasteiger charge is 2.43. The molecule has 0 atom stereocenters. The van der Waals surface area contributed by atoms with Gasteiger partial charge in [0.25, 0.3) is 0 Å². The maximum absolute atomic E-state index is 14.8. The third-order valence-corrected chi connectivity index (χ3v) is 6.81. The molecule has 2 aromatic heterocycles. The van der Waals surface area contributed by atoms with Gasteiger partial charge in [0.2, 0.25) is 5.67 Å². The van der Waals surface area contributed by atoms with Gasteiger partial charge in [0.15, 0.2) is 0 Å². The molecule has 0 saturated heterocycles. The molecule has 4 aromatic rings. The molecule has 7 heteroatoms. The van der Waals surface area contributed by atoms with Crippen molar-refractivity contribution in [3.05, 3.63) is 59.7 Å². The van der Waals surface area contributed by atoms with E-state index in [4.69, 9.17) is 0 Å². The summed E-state index contributed by atoms with van der Waals surface area (Å²) in [5.41, 5.74) is 2.82. The number of rotatable bonds is 4. The summed E-state index contributed by atoms with van der Waals surface area (Å²) in [5.74, 6) is -1.47. The third kappa shape index (κ3) is 3.18. The second-order valence-corrected chi connectivity index (χ2v) is 9.14. The van der Waals surface area contributed by atoms with Gasteiger partial charge in [-0.2, -0.15) is 5.10 Å². The summed E-state index contributed by atoms with van der Waals surface area (Å²) in [6, 6.07) is 10.6. The Bertz CT molecular complexity index is 1310. The van der Waals surface area contributed by atoms with Gasteiger partial charge in [-0.05, 0) is 79.5 Å². The Hall–Kier alpha value is -3.22. The molecule has 1 aliphatic carbocycles. The molecule has 5 nitrogen and oxygen atoms in total. The molecule has 1 aliphatic rings. The van der Waals surface area contributed by atoms with E-state index in [1.165, 1.54) is 12.1 Å². The van der Waals surface area contributed by atoms with E-state index in [0.29, 0.717) is 12.8 Å². The summed E-state index contributed by atoms with van der Waals surface area (Å²) in [5, 5.41) is 18.5. The number of aromatic amines is 1. The number of hydrogen-bond acceptors (Lipinski definition) is 2. The number of benzene rings is 2. The summed E-state index contributed by atoms with van der Waals surface area (Å²) in [7, 11) is 0. The number of carboxylic acid groups (broad SMARTS) is 1. The molecule has 0 radical (unpaired) electrons. The van der Waals surface area contributed by atoms with Gasteiger partial charge < -0.3 is 9.67 Å². The summed E-state index contributed by atoms with van der Waals surface area (Å²) >= 11 is 0. The number of nitrogens with one attached hydrogen (secondary N) is 1. The number of fused-ring (bicyclic) bond motifs is 2. The van der Waals surface area contributed by atoms with Crippen LogP contribution in [0.2, 0.25) is 0 Å². The molecular formula is C25H25F2N3O2. The lowest BCUT2D eigenvalue weighted by atomic mass is 9.75. The lowest BCUT2D eigenvalue weighted by Crippen LogP contribution is -2.37. The smallest absolute Gasteiger partial charge is 0.341 e. The van der Waals surface area contributed by atoms with Crippen molar-refractivity contribution in [3.63, 3.8) is 0 Å². The van der Waals surface area contributed by atoms with Gasteiger partial charge in [0, 0.05) is 22.2 Å². The predicted molar refractivity (Wildman–Crippen MR) is 120 cm³/mol. The third-order valence-electron chi connectivity index (χ3n) is 6.81. The molecular weight excluding hydrogens is 412 g/mol. The lowest BCUT2D eigenvalue weighted by Gasteiger charge is -2.32. The summed E-state index contributed by atoms with van der Waals surface area (Å²) in [6.07, 6.45) is 2.70. The van der Waals surface area contributed by atoms with Crippen LogP contribution in [0.25, 0.3) is 27.5 Å². The molecule has 0 spiro atoms. The van der Waals surface area contributed by atoms with Crippen LogP contribution in [0.4, 0.5) is 8.78 Å². The Kier molecular flexibility index (Phi) is 4.80. The Balaban J connectivity index is 1.75. The van der Waals surface area contributed by atoms with Crippen molar-refractivity contribution in [2.45, 2.75) is 57.0 Å². The van der Waals surface area contributed by atoms with E-state index in [2.05, 4.69) is 40.7 Å². The van der Waals surface area contributed by atoms with Crippen LogP contribution in [0.5, 0.6) is 0 Å². The van der Waals surface area contributed by atoms with E-state index in [1.807, 2.05) is 0 Å². The fraction of sp³-hybridized carbons (Fsp3) is 0.360. The van der Waals surface area contributed by atoms with E-state index in [1.54, 1.807) is 18.3 Å². The molecule has 0 amide bonds. The van der Waals surface area contributed by atoms with E-state index in [0.717, 1.165) is 38.8 Å². The zero-order chi connectivity index (χ0) is 22.6. The van der Waals surface area contributed by atoms with Crippen molar-refractivity contribution < 1.29 is 18.7 Å². The molecule has 1 fully saturated rings. The number of alkyl halides is 1. The van der Waals surface area contributed by atoms with E-state index in [-0.39, 0.29) is 30.5 Å². The quantitative estimate of drug-likeness (QED) is 0.398. The van der Waals surface area contributed by atoms with E-state index >= 15 is 0 Å². The normalized spacial score (nSPS) is 21.6. The Labute approximate surface area is 184 Å². The summed E-state index contributed by atoms with van der Waals surface area (Å²) < 4.78 is 30.6. The lowest BCUT2D eigenvalue weighted by molar-refractivity contribution is -0.153. The van der Waals surface area contributed by atoms with Crippen LogP contribution in [-0.4, -0.2) is 31.5 Å². The molecule has 0 bridgehead atoms. The molecule has 166 valence electrons. The number of halogens is 2. The number of hydrogen-bond donors (Lipinski definition) is 2. The number of carbonyl (C=O) groups is 1. The largest absolute Gasteiger partial charge is 0.479 e. The Morgan fingerprint density at radius 1 is 1.22 bits per heavy atom. The fourth-order valence-electron chi connectivity index (χ4n) is 5.21. The monoisotopic (exact) mass is 437 g/mol. The van der Waals surface area contributed by atoms with Crippen LogP contribution in [0, 0.1) is 5.82 Å². The average Bonchev–Trinajstić information content (AvgIpc) is 3.35. The van der Waals surface area contributed by atoms with Crippen LogP contribution in [-0.2, 0) is 4.79 Å². The molecule has 5 rings (SSSR count). The number of aliphatic carboxylic acids is 1. The highest BCUT2D eigenvalue weighted by atomic mass is 19.1. The first-order valence-corrected chi connectivity index (χ1v) is 11.0. The number of nitrogens with zero attached hydrogens (tertiary/aromatic N) is 2. The van der Waals surface area contributed by atoms with Gasteiger partial charge in [0.05, 0.1) is 17.2 Å². The highest BCUT2D eigenvalue weighted by molar-refractivity contribution is 5.99. The number of H-pyrrole nitrogens is 1. The van der Waals surface area contributed by atoms with E-state index < -0.39 is 11.6 Å². The second kappa shape index (κ2) is 7.43. The molecule has 1 saturated carbocycles. The molecule has 0 aliphatic heterocycles. The van der Waals surface area contributed by atoms with Gasteiger partial charge in [0.1, 0.15) is 5.82 Å². The zero-order valence-electron chi connectivity index (χ0n) is 18.0. The second-order valence-electron chi connectivity index (χ2n) is 9.14. The minimum atomic E-state index is -2.15. The van der Waals surface area contributed by atoms with Crippen LogP contribution >= 0.6 is 0 Å². The van der Waals surface area contributed by atoms with Crippen molar-refractivity contribution in [1.29, 1.82) is 0 Å². The van der Waals surface area contributed by atoms with Crippen LogP contribution in [0.15, 0.2) is 42.6 Å². The van der Waals surface area contributed by atoms with Crippen molar-refractivity contribution in [1.82, 2.24) is 14.8 Å². The van der Waals surface area contributed by atoms with Gasteiger partial charge in [-0.25, -0.2) is 13.6 Å². The molecule has 32 heavy (non-hydrogen) atoms. The average molecular weight is 437 g/mol. The maximum atomic E-state index is 14.8. The molecule has 2 N–H and O–H groups in total. The van der Waals surface area contributed by atoms with Crippen LogP contribution in [0.1, 0.15) is 62.6 Å². The van der Waals surface area contributed by atoms with E-state index in [9.17, 15) is 18.7 Å². The van der Waals surface area contributed by atoms with Gasteiger partial charge in [-0.3, -0.25) is 5.10 Å². The van der Waals surface area contributed by atoms with Crippen molar-refractivity contribution in [2.75, 3.05) is 0 Å². The molecule has 0 unspecified atom stereocenters. The highest BCUT2D eigenvalue weighted by Crippen LogP contribution is 2.47. The van der Waals surface area contributed by atoms with Crippen LogP contribution in [0.3, 0.4) is 0 Å². The number of aromatic nitrogens is 3. The maximum Gasteiger partial charge on any atom is 0.341 e. The summed E-state index contributed by atoms with van der Waals surface area (Å²) in [4.78, 5) is 11.4. The van der Waals surface area contributed by atoms with Gasteiger partial charge >= 0.3 is 5.97 Å². The Morgan fingerprint density at radius 2 is 1.91 bits per heavy atom. The van der Waals surface area contributed by atoms with Crippen molar-refractivity contribution in [3.8, 4) is 5.69 Å². The fourth-order valence-corrected chi connectivity index (χ4v) is 5.21. The first-order valence-electron chi connectivity index (χ1n) is 11.0. The zero-order valence-corrected chi connectivity index (χ0v) is 18.0. The minimum absolute atomic E-state index is 0.0000582.